The molecule has 0 radical (unpaired) electrons. The standard InChI is InChI=1S/C51H85NO/c1-3-5-7-9-11-13-15-17-19-21-23-25-27-29-31-36-44-52(45-37-32-30-28-26-24-22-20-18-16-14-12-10-8-6-4-2)51(50-38-34-33-35-39-50)46-48-40-42-49(47-53)43-41-48/h33-35,38-43,46-47H,3-32,36-37,44-45H2,1-2H3. The van der Waals surface area contributed by atoms with Crippen molar-refractivity contribution in [3.05, 3.63) is 71.3 Å². The maximum absolute atomic E-state index is 11.3. The number of benzene rings is 2. The predicted molar refractivity (Wildman–Crippen MR) is 237 cm³/mol. The molecule has 0 saturated heterocycles. The van der Waals surface area contributed by atoms with E-state index in [0.717, 1.165) is 24.9 Å². The second kappa shape index (κ2) is 35.4. The van der Waals surface area contributed by atoms with Gasteiger partial charge in [0.25, 0.3) is 0 Å². The van der Waals surface area contributed by atoms with Crippen molar-refractivity contribution in [2.75, 3.05) is 13.1 Å². The summed E-state index contributed by atoms with van der Waals surface area (Å²) in [4.78, 5) is 14.0. The third kappa shape index (κ3) is 26.2. The van der Waals surface area contributed by atoms with E-state index in [1.54, 1.807) is 0 Å². The summed E-state index contributed by atoms with van der Waals surface area (Å²) in [5, 5.41) is 0. The Bertz CT molecular complexity index is 1050. The fourth-order valence-electron chi connectivity index (χ4n) is 7.85. The molecule has 2 rings (SSSR count). The minimum Gasteiger partial charge on any atom is -0.371 e. The monoisotopic (exact) mass is 728 g/mol. The van der Waals surface area contributed by atoms with Gasteiger partial charge in [0.05, 0.1) is 0 Å². The molecule has 53 heavy (non-hydrogen) atoms. The van der Waals surface area contributed by atoms with E-state index >= 15 is 0 Å². The highest BCUT2D eigenvalue weighted by atomic mass is 16.1. The molecule has 0 atom stereocenters. The highest BCUT2D eigenvalue weighted by Gasteiger charge is 2.12. The number of aldehydes is 1. The first-order valence-corrected chi connectivity index (χ1v) is 23.4. The molecule has 0 aromatic heterocycles. The first kappa shape index (κ1) is 46.8. The molecule has 2 heteroatoms. The Balaban J connectivity index is 1.73. The predicted octanol–water partition coefficient (Wildman–Crippen LogP) is 16.8. The summed E-state index contributed by atoms with van der Waals surface area (Å²) in [6.07, 6.45) is 48.3. The summed E-state index contributed by atoms with van der Waals surface area (Å²) in [6, 6.07) is 19.0. The van der Waals surface area contributed by atoms with Crippen LogP contribution in [0.1, 0.15) is 241 Å². The fraction of sp³-hybridized carbons (Fsp3) is 0.706. The van der Waals surface area contributed by atoms with Gasteiger partial charge in [-0.25, -0.2) is 0 Å². The van der Waals surface area contributed by atoms with Crippen LogP contribution in [0.2, 0.25) is 0 Å². The van der Waals surface area contributed by atoms with Gasteiger partial charge in [-0.3, -0.25) is 4.79 Å². The highest BCUT2D eigenvalue weighted by molar-refractivity contribution is 5.81. The van der Waals surface area contributed by atoms with Crippen LogP contribution < -0.4 is 0 Å². The van der Waals surface area contributed by atoms with Crippen LogP contribution in [0.3, 0.4) is 0 Å². The van der Waals surface area contributed by atoms with Gasteiger partial charge < -0.3 is 4.90 Å². The first-order valence-electron chi connectivity index (χ1n) is 23.4. The summed E-state index contributed by atoms with van der Waals surface area (Å²) >= 11 is 0. The average molecular weight is 728 g/mol. The van der Waals surface area contributed by atoms with Crippen LogP contribution in [0.15, 0.2) is 54.6 Å². The zero-order valence-corrected chi connectivity index (χ0v) is 35.2. The SMILES string of the molecule is CCCCCCCCCCCCCCCCCCN(CCCCCCCCCCCCCCCCCC)C(=Cc1ccc(C=O)cc1)c1ccccc1. The Labute approximate surface area is 330 Å². The summed E-state index contributed by atoms with van der Waals surface area (Å²) < 4.78 is 0. The van der Waals surface area contributed by atoms with E-state index < -0.39 is 0 Å². The molecule has 0 aliphatic heterocycles. The zero-order valence-electron chi connectivity index (χ0n) is 35.2. The number of carbonyl (C=O) groups excluding carboxylic acids is 1. The molecule has 0 aliphatic carbocycles. The van der Waals surface area contributed by atoms with Gasteiger partial charge in [0, 0.05) is 24.4 Å². The lowest BCUT2D eigenvalue weighted by Gasteiger charge is -2.28. The Morgan fingerprint density at radius 1 is 0.396 bits per heavy atom. The largest absolute Gasteiger partial charge is 0.371 e. The second-order valence-corrected chi connectivity index (χ2v) is 16.3. The van der Waals surface area contributed by atoms with Gasteiger partial charge in [-0.15, -0.1) is 0 Å². The Kier molecular flexibility index (Phi) is 31.2. The lowest BCUT2D eigenvalue weighted by molar-refractivity contribution is 0.112. The Hall–Kier alpha value is -2.35. The van der Waals surface area contributed by atoms with Gasteiger partial charge in [0.2, 0.25) is 0 Å². The fourth-order valence-corrected chi connectivity index (χ4v) is 7.85. The Morgan fingerprint density at radius 2 is 0.698 bits per heavy atom. The van der Waals surface area contributed by atoms with Crippen molar-refractivity contribution in [3.63, 3.8) is 0 Å². The van der Waals surface area contributed by atoms with Crippen LogP contribution in [0.25, 0.3) is 11.8 Å². The molecule has 0 bridgehead atoms. The van der Waals surface area contributed by atoms with Gasteiger partial charge in [0.1, 0.15) is 6.29 Å². The van der Waals surface area contributed by atoms with Crippen LogP contribution in [-0.2, 0) is 0 Å². The lowest BCUT2D eigenvalue weighted by Crippen LogP contribution is -2.25. The van der Waals surface area contributed by atoms with Crippen LogP contribution in [0.5, 0.6) is 0 Å². The molecule has 0 spiro atoms. The zero-order chi connectivity index (χ0) is 37.7. The molecule has 2 aromatic rings. The van der Waals surface area contributed by atoms with Gasteiger partial charge in [-0.1, -0.05) is 261 Å². The summed E-state index contributed by atoms with van der Waals surface area (Å²) in [5.74, 6) is 0. The van der Waals surface area contributed by atoms with Crippen molar-refractivity contribution in [2.45, 2.75) is 219 Å². The number of unbranched alkanes of at least 4 members (excludes halogenated alkanes) is 30. The quantitative estimate of drug-likeness (QED) is 0.0390. The van der Waals surface area contributed by atoms with Gasteiger partial charge >= 0.3 is 0 Å². The minimum atomic E-state index is 0.738. The highest BCUT2D eigenvalue weighted by Crippen LogP contribution is 2.25. The average Bonchev–Trinajstić information content (AvgIpc) is 3.19. The van der Waals surface area contributed by atoms with Crippen LogP contribution in [0, 0.1) is 0 Å². The van der Waals surface area contributed by atoms with Gasteiger partial charge in [-0.2, -0.15) is 0 Å². The van der Waals surface area contributed by atoms with E-state index in [1.165, 1.54) is 222 Å². The van der Waals surface area contributed by atoms with Crippen molar-refractivity contribution in [1.29, 1.82) is 0 Å². The maximum Gasteiger partial charge on any atom is 0.150 e. The second-order valence-electron chi connectivity index (χ2n) is 16.3. The number of nitrogens with zero attached hydrogens (tertiary/aromatic N) is 1. The van der Waals surface area contributed by atoms with E-state index in [9.17, 15) is 4.79 Å². The molecule has 0 fully saturated rings. The molecule has 0 amide bonds. The molecular formula is C51H85NO. The first-order chi connectivity index (χ1) is 26.3. The van der Waals surface area contributed by atoms with Crippen molar-refractivity contribution in [1.82, 2.24) is 4.90 Å². The van der Waals surface area contributed by atoms with Crippen molar-refractivity contribution in [2.24, 2.45) is 0 Å². The van der Waals surface area contributed by atoms with Crippen LogP contribution in [-0.4, -0.2) is 24.3 Å². The lowest BCUT2D eigenvalue weighted by atomic mass is 10.0. The summed E-state index contributed by atoms with van der Waals surface area (Å²) in [6.45, 7) is 6.84. The molecule has 0 aliphatic rings. The molecule has 2 aromatic carbocycles. The van der Waals surface area contributed by atoms with Crippen molar-refractivity contribution >= 4 is 18.1 Å². The smallest absolute Gasteiger partial charge is 0.150 e. The number of hydrogen-bond donors (Lipinski definition) is 0. The Morgan fingerprint density at radius 3 is 1.02 bits per heavy atom. The molecule has 2 nitrogen and oxygen atoms in total. The van der Waals surface area contributed by atoms with Gasteiger partial charge in [0.15, 0.2) is 0 Å². The number of carbonyl (C=O) groups is 1. The number of rotatable bonds is 38. The van der Waals surface area contributed by atoms with Crippen molar-refractivity contribution in [3.8, 4) is 0 Å². The third-order valence-corrected chi connectivity index (χ3v) is 11.3. The normalized spacial score (nSPS) is 11.7. The van der Waals surface area contributed by atoms with E-state index in [1.807, 2.05) is 12.1 Å². The van der Waals surface area contributed by atoms with Gasteiger partial charge in [-0.05, 0) is 30.0 Å². The molecular weight excluding hydrogens is 643 g/mol. The van der Waals surface area contributed by atoms with Crippen LogP contribution in [0.4, 0.5) is 0 Å². The number of hydrogen-bond acceptors (Lipinski definition) is 2. The van der Waals surface area contributed by atoms with E-state index in [0.29, 0.717) is 0 Å². The minimum absolute atomic E-state index is 0.738. The molecule has 0 N–H and O–H groups in total. The van der Waals surface area contributed by atoms with E-state index in [4.69, 9.17) is 0 Å². The van der Waals surface area contributed by atoms with Crippen LogP contribution >= 0.6 is 0 Å². The topological polar surface area (TPSA) is 20.3 Å². The molecule has 300 valence electrons. The van der Waals surface area contributed by atoms with E-state index in [-0.39, 0.29) is 0 Å². The molecule has 0 heterocycles. The molecule has 0 saturated carbocycles. The maximum atomic E-state index is 11.3. The summed E-state index contributed by atoms with van der Waals surface area (Å²) in [7, 11) is 0. The summed E-state index contributed by atoms with van der Waals surface area (Å²) in [5.41, 5.74) is 4.52. The van der Waals surface area contributed by atoms with Crippen molar-refractivity contribution < 1.29 is 4.79 Å². The molecule has 0 unspecified atom stereocenters. The van der Waals surface area contributed by atoms with E-state index in [2.05, 4.69) is 67.3 Å². The third-order valence-electron chi connectivity index (χ3n) is 11.3.